The van der Waals surface area contributed by atoms with Gasteiger partial charge < -0.3 is 39.4 Å². The van der Waals surface area contributed by atoms with Crippen LogP contribution in [0.2, 0.25) is 0 Å². The zero-order chi connectivity index (χ0) is 33.0. The molecule has 0 aliphatic carbocycles. The number of hydrogen-bond acceptors (Lipinski definition) is 14. The highest BCUT2D eigenvalue weighted by molar-refractivity contribution is 7.54. The molecule has 0 radical (unpaired) electrons. The van der Waals surface area contributed by atoms with E-state index < -0.39 is 62.3 Å². The van der Waals surface area contributed by atoms with Gasteiger partial charge in [0.15, 0.2) is 17.4 Å². The number of hydrogen-bond donors (Lipinski definition) is 5. The second-order valence-corrected chi connectivity index (χ2v) is 12.9. The van der Waals surface area contributed by atoms with Gasteiger partial charge in [-0.15, -0.1) is 0 Å². The van der Waals surface area contributed by atoms with Crippen LogP contribution in [0.4, 0.5) is 5.95 Å². The van der Waals surface area contributed by atoms with Crippen LogP contribution in [-0.2, 0) is 32.9 Å². The van der Waals surface area contributed by atoms with Crippen molar-refractivity contribution in [3.63, 3.8) is 0 Å². The van der Waals surface area contributed by atoms with Crippen molar-refractivity contribution >= 4 is 36.7 Å². The van der Waals surface area contributed by atoms with Crippen LogP contribution < -0.4 is 20.6 Å². The topological polar surface area (TPSA) is 232 Å². The quantitative estimate of drug-likeness (QED) is 0.135. The SMILES string of the molecule is CCC(C)OC(=O)[C@H](C)NP(=O)(N[C@@H](C)C(=O)OC(C)CC)OC[C@H]1O[C@@H](n2cnc3c(OC)nc(N)nc32)[C@](C)(O)[C@@H]1O. The highest BCUT2D eigenvalue weighted by atomic mass is 31.2. The van der Waals surface area contributed by atoms with Gasteiger partial charge in [0.25, 0.3) is 0 Å². The number of nitrogens with one attached hydrogen (secondary N) is 2. The summed E-state index contributed by atoms with van der Waals surface area (Å²) in [7, 11) is -2.86. The molecule has 2 aromatic heterocycles. The van der Waals surface area contributed by atoms with Gasteiger partial charge in [-0.1, -0.05) is 13.8 Å². The summed E-state index contributed by atoms with van der Waals surface area (Å²) in [6, 6.07) is -2.24. The van der Waals surface area contributed by atoms with Crippen molar-refractivity contribution in [1.29, 1.82) is 0 Å². The van der Waals surface area contributed by atoms with Gasteiger partial charge in [-0.2, -0.15) is 9.97 Å². The lowest BCUT2D eigenvalue weighted by Gasteiger charge is -2.28. The average molecular weight is 646 g/mol. The Kier molecular flexibility index (Phi) is 11.7. The van der Waals surface area contributed by atoms with Crippen LogP contribution in [0, 0.1) is 0 Å². The minimum absolute atomic E-state index is 0.101. The third kappa shape index (κ3) is 8.02. The van der Waals surface area contributed by atoms with Crippen LogP contribution >= 0.6 is 7.67 Å². The highest BCUT2D eigenvalue weighted by Gasteiger charge is 2.54. The normalized spacial score (nSPS) is 26.0. The molecule has 3 rings (SSSR count). The van der Waals surface area contributed by atoms with Crippen molar-refractivity contribution < 1.29 is 47.8 Å². The summed E-state index contributed by atoms with van der Waals surface area (Å²) in [5.74, 6) is -1.40. The van der Waals surface area contributed by atoms with E-state index in [0.717, 1.165) is 0 Å². The molecular weight excluding hydrogens is 601 g/mol. The fraction of sp³-hybridized carbons (Fsp3) is 0.731. The van der Waals surface area contributed by atoms with Gasteiger partial charge in [-0.05, 0) is 47.5 Å². The Labute approximate surface area is 255 Å². The minimum Gasteiger partial charge on any atom is -0.479 e. The lowest BCUT2D eigenvalue weighted by molar-refractivity contribution is -0.150. The molecule has 0 saturated carbocycles. The Balaban J connectivity index is 1.84. The van der Waals surface area contributed by atoms with Crippen LogP contribution in [0.15, 0.2) is 6.33 Å². The maximum absolute atomic E-state index is 14.1. The zero-order valence-electron chi connectivity index (χ0n) is 26.2. The summed E-state index contributed by atoms with van der Waals surface area (Å²) in [5, 5.41) is 27.5. The molecule has 1 aliphatic heterocycles. The van der Waals surface area contributed by atoms with E-state index in [-0.39, 0.29) is 35.2 Å². The molecule has 17 nitrogen and oxygen atoms in total. The maximum Gasteiger partial charge on any atom is 0.342 e. The van der Waals surface area contributed by atoms with Crippen LogP contribution in [-0.4, -0.2) is 97.5 Å². The second kappa shape index (κ2) is 14.5. The Morgan fingerprint density at radius 3 is 2.16 bits per heavy atom. The molecule has 3 heterocycles. The third-order valence-electron chi connectivity index (χ3n) is 7.25. The van der Waals surface area contributed by atoms with E-state index in [1.165, 1.54) is 38.8 Å². The van der Waals surface area contributed by atoms with Gasteiger partial charge in [-0.25, -0.2) is 15.2 Å². The fourth-order valence-corrected chi connectivity index (χ4v) is 6.08. The number of aliphatic hydroxyl groups is 2. The minimum atomic E-state index is -4.25. The number of nitrogens with two attached hydrogens (primary N) is 1. The lowest BCUT2D eigenvalue weighted by atomic mass is 9.96. The van der Waals surface area contributed by atoms with Crippen LogP contribution in [0.1, 0.15) is 67.5 Å². The van der Waals surface area contributed by atoms with Crippen LogP contribution in [0.5, 0.6) is 5.88 Å². The van der Waals surface area contributed by atoms with Gasteiger partial charge in [0.1, 0.15) is 29.9 Å². The first-order valence-corrected chi connectivity index (χ1v) is 16.0. The third-order valence-corrected chi connectivity index (χ3v) is 9.21. The van der Waals surface area contributed by atoms with Crippen molar-refractivity contribution in [3.05, 3.63) is 6.33 Å². The molecule has 1 saturated heterocycles. The van der Waals surface area contributed by atoms with Gasteiger partial charge >= 0.3 is 19.6 Å². The fourth-order valence-electron chi connectivity index (χ4n) is 4.27. The predicted octanol–water partition coefficient (Wildman–Crippen LogP) is 1.19. The number of anilines is 1. The van der Waals surface area contributed by atoms with Gasteiger partial charge in [0.05, 0.1) is 32.3 Å². The number of fused-ring (bicyclic) bond motifs is 1. The monoisotopic (exact) mass is 645 g/mol. The van der Waals surface area contributed by atoms with Crippen molar-refractivity contribution in [2.45, 2.75) is 110 Å². The number of nitrogen functional groups attached to an aromatic ring is 1. The van der Waals surface area contributed by atoms with Crippen molar-refractivity contribution in [3.8, 4) is 5.88 Å². The van der Waals surface area contributed by atoms with Crippen molar-refractivity contribution in [2.75, 3.05) is 19.5 Å². The number of imidazole rings is 1. The molecule has 6 N–H and O–H groups in total. The van der Waals surface area contributed by atoms with Gasteiger partial charge in [-0.3, -0.25) is 18.7 Å². The summed E-state index contributed by atoms with van der Waals surface area (Å²) < 4.78 is 43.0. The molecule has 248 valence electrons. The van der Waals surface area contributed by atoms with E-state index in [2.05, 4.69) is 25.1 Å². The molecular formula is C26H44N7O10P. The summed E-state index contributed by atoms with van der Waals surface area (Å²) in [4.78, 5) is 37.6. The number of aliphatic hydroxyl groups excluding tert-OH is 1. The van der Waals surface area contributed by atoms with E-state index in [4.69, 9.17) is 29.2 Å². The molecule has 1 aliphatic rings. The van der Waals surface area contributed by atoms with Crippen molar-refractivity contribution in [2.24, 2.45) is 0 Å². The van der Waals surface area contributed by atoms with Crippen molar-refractivity contribution in [1.82, 2.24) is 29.7 Å². The number of aromatic nitrogens is 4. The average Bonchev–Trinajstić information content (AvgIpc) is 3.48. The first-order chi connectivity index (χ1) is 20.6. The van der Waals surface area contributed by atoms with E-state index in [1.807, 2.05) is 13.8 Å². The molecule has 8 atom stereocenters. The molecule has 0 bridgehead atoms. The summed E-state index contributed by atoms with van der Waals surface area (Å²) >= 11 is 0. The number of methoxy groups -OCH3 is 1. The number of esters is 2. The Morgan fingerprint density at radius 1 is 1.11 bits per heavy atom. The molecule has 2 aromatic rings. The first kappa shape index (κ1) is 35.6. The summed E-state index contributed by atoms with van der Waals surface area (Å²) in [6.07, 6.45) is -2.35. The Morgan fingerprint density at radius 2 is 1.66 bits per heavy atom. The van der Waals surface area contributed by atoms with E-state index in [1.54, 1.807) is 13.8 Å². The Bertz CT molecular complexity index is 1320. The van der Waals surface area contributed by atoms with E-state index >= 15 is 0 Å². The second-order valence-electron chi connectivity index (χ2n) is 11.0. The maximum atomic E-state index is 14.1. The zero-order valence-corrected chi connectivity index (χ0v) is 27.1. The summed E-state index contributed by atoms with van der Waals surface area (Å²) in [6.45, 7) is 10.8. The van der Waals surface area contributed by atoms with Gasteiger partial charge in [0, 0.05) is 0 Å². The number of carbonyl (C=O) groups excluding carboxylic acids is 2. The standard InChI is InChI=1S/C26H44N7O10P/c1-9-13(3)41-22(35)15(5)31-44(38,32-16(6)23(36)42-14(4)10-2)40-11-17-19(34)26(7,37)24(43-17)33-12-28-18-20(33)29-25(27)30-21(18)39-8/h12-17,19,24,34,37H,9-11H2,1-8H3,(H2,27,29,30)(H2,31,32,38)/t13?,14?,15-,16-,17+,19+,24+,26+,44?/m0/s1. The number of rotatable bonds is 15. The molecule has 0 amide bonds. The van der Waals surface area contributed by atoms with Crippen LogP contribution in [0.25, 0.3) is 11.2 Å². The molecule has 0 aromatic carbocycles. The largest absolute Gasteiger partial charge is 0.479 e. The van der Waals surface area contributed by atoms with Gasteiger partial charge in [0.2, 0.25) is 11.8 Å². The summed E-state index contributed by atoms with van der Waals surface area (Å²) in [5.41, 5.74) is 4.30. The number of ether oxygens (including phenoxy) is 4. The molecule has 18 heteroatoms. The van der Waals surface area contributed by atoms with Crippen LogP contribution in [0.3, 0.4) is 0 Å². The molecule has 2 unspecified atom stereocenters. The number of nitrogens with zero attached hydrogens (tertiary/aromatic N) is 4. The molecule has 44 heavy (non-hydrogen) atoms. The van der Waals surface area contributed by atoms with E-state index in [9.17, 15) is 24.4 Å². The smallest absolute Gasteiger partial charge is 0.342 e. The Hall–Kier alpha value is -2.92. The predicted molar refractivity (Wildman–Crippen MR) is 157 cm³/mol. The molecule has 0 spiro atoms. The molecule has 1 fully saturated rings. The highest BCUT2D eigenvalue weighted by Crippen LogP contribution is 2.44. The first-order valence-electron chi connectivity index (χ1n) is 14.4. The lowest BCUT2D eigenvalue weighted by Crippen LogP contribution is -2.46. The number of carbonyl (C=O) groups is 2. The van der Waals surface area contributed by atoms with E-state index in [0.29, 0.717) is 12.8 Å².